The van der Waals surface area contributed by atoms with Gasteiger partial charge in [-0.05, 0) is 55.7 Å². The zero-order valence-corrected chi connectivity index (χ0v) is 26.5. The Morgan fingerprint density at radius 1 is 0.786 bits per heavy atom. The Labute approximate surface area is 260 Å². The molecule has 210 valence electrons. The Kier molecular flexibility index (Phi) is 7.11. The van der Waals surface area contributed by atoms with Crippen LogP contribution in [0.15, 0.2) is 84.9 Å². The first-order chi connectivity index (χ1) is 19.8. The molecule has 0 unspecified atom stereocenters. The summed E-state index contributed by atoms with van der Waals surface area (Å²) in [7, 11) is 0. The van der Waals surface area contributed by atoms with Gasteiger partial charge in [-0.2, -0.15) is 24.3 Å². The Morgan fingerprint density at radius 3 is 2.33 bits per heavy atom. The first-order valence-electron chi connectivity index (χ1n) is 14.1. The molecule has 0 saturated carbocycles. The number of hydrogen-bond donors (Lipinski definition) is 1. The van der Waals surface area contributed by atoms with E-state index in [0.717, 1.165) is 66.9 Å². The van der Waals surface area contributed by atoms with Crippen LogP contribution in [0.1, 0.15) is 56.1 Å². The van der Waals surface area contributed by atoms with Crippen molar-refractivity contribution in [2.24, 2.45) is 0 Å². The van der Waals surface area contributed by atoms with Gasteiger partial charge in [0.2, 0.25) is 0 Å². The summed E-state index contributed by atoms with van der Waals surface area (Å²) in [5.74, 6) is 1.18. The van der Waals surface area contributed by atoms with Crippen molar-refractivity contribution in [2.45, 2.75) is 46.0 Å². The summed E-state index contributed by atoms with van der Waals surface area (Å²) in [5.41, 5.74) is 9.59. The van der Waals surface area contributed by atoms with Crippen LogP contribution < -0.4 is 5.32 Å². The van der Waals surface area contributed by atoms with E-state index in [1.165, 1.54) is 5.56 Å². The number of anilines is 2. The minimum atomic E-state index is -0.456. The predicted molar refractivity (Wildman–Crippen MR) is 168 cm³/mol. The number of aryl methyl sites for hydroxylation is 1. The van der Waals surface area contributed by atoms with Gasteiger partial charge in [-0.1, -0.05) is 50.0 Å². The largest absolute Gasteiger partial charge is 2.00 e. The molecule has 7 rings (SSSR count). The molecular formula is C36H31N5Pt. The molecule has 3 aromatic carbocycles. The molecule has 0 bridgehead atoms. The van der Waals surface area contributed by atoms with Crippen LogP contribution in [0.5, 0.6) is 0 Å². The monoisotopic (exact) mass is 728 g/mol. The van der Waals surface area contributed by atoms with Crippen LogP contribution in [0.4, 0.5) is 11.5 Å². The average molecular weight is 729 g/mol. The van der Waals surface area contributed by atoms with E-state index in [1.54, 1.807) is 0 Å². The first kappa shape index (κ1) is 28.1. The van der Waals surface area contributed by atoms with Gasteiger partial charge in [-0.15, -0.1) is 35.2 Å². The van der Waals surface area contributed by atoms with Crippen molar-refractivity contribution >= 4 is 50.0 Å². The summed E-state index contributed by atoms with van der Waals surface area (Å²) in [6.45, 7) is 10.9. The van der Waals surface area contributed by atoms with E-state index in [2.05, 4.69) is 105 Å². The van der Waals surface area contributed by atoms with Gasteiger partial charge >= 0.3 is 21.1 Å². The molecule has 42 heavy (non-hydrogen) atoms. The summed E-state index contributed by atoms with van der Waals surface area (Å²) in [5, 5.41) is 5.59. The van der Waals surface area contributed by atoms with E-state index >= 15 is 0 Å². The first-order valence-corrected chi connectivity index (χ1v) is 14.1. The van der Waals surface area contributed by atoms with Crippen LogP contribution in [0.2, 0.25) is 0 Å². The van der Waals surface area contributed by atoms with Crippen molar-refractivity contribution in [3.05, 3.63) is 120 Å². The minimum Gasteiger partial charge on any atom is -0.363 e. The third-order valence-corrected chi connectivity index (χ3v) is 8.13. The third-order valence-electron chi connectivity index (χ3n) is 8.13. The normalized spacial score (nSPS) is 12.0. The van der Waals surface area contributed by atoms with Crippen molar-refractivity contribution < 1.29 is 21.1 Å². The fourth-order valence-corrected chi connectivity index (χ4v) is 5.79. The fraction of sp³-hybridized carbons (Fsp3) is 0.194. The number of nitrogens with zero attached hydrogens (tertiary/aromatic N) is 4. The minimum absolute atomic E-state index is 0. The van der Waals surface area contributed by atoms with Gasteiger partial charge in [0, 0.05) is 22.1 Å². The van der Waals surface area contributed by atoms with Gasteiger partial charge in [0.15, 0.2) is 0 Å². The second-order valence-electron chi connectivity index (χ2n) is 11.5. The second kappa shape index (κ2) is 10.6. The molecule has 6 heteroatoms. The molecule has 0 fully saturated rings. The van der Waals surface area contributed by atoms with Crippen LogP contribution in [-0.2, 0) is 26.5 Å². The van der Waals surface area contributed by atoms with Gasteiger partial charge < -0.3 is 9.72 Å². The summed E-state index contributed by atoms with van der Waals surface area (Å²) in [6, 6.07) is 35.7. The molecule has 5 nitrogen and oxygen atoms in total. The molecule has 0 saturated heterocycles. The number of fused-ring (bicyclic) bond motifs is 8. The standard InChI is InChI=1S/C36H31N5.Pt/c1-22(2)25-18-20-31(40-34(25)37-24-13-7-6-8-14-24)36(4,5)30-21-19-29-33(39-30)26-15-11-12-23(3)32(26)35-38-27-16-9-10-17-28(27)41(29)35;/h6-13,16-22H,1-5H3,(H,37,40);/q-2;+2. The molecule has 0 amide bonds. The molecule has 1 N–H and O–H groups in total. The Balaban J connectivity index is 0.00000316. The molecule has 0 atom stereocenters. The molecule has 4 heterocycles. The molecule has 4 aromatic heterocycles. The predicted octanol–water partition coefficient (Wildman–Crippen LogP) is 8.68. The molecule has 0 radical (unpaired) electrons. The topological polar surface area (TPSA) is 55.1 Å². The number of aromatic nitrogens is 4. The van der Waals surface area contributed by atoms with Crippen LogP contribution in [0.25, 0.3) is 38.5 Å². The van der Waals surface area contributed by atoms with Crippen molar-refractivity contribution in [2.75, 3.05) is 5.32 Å². The molecule has 7 aromatic rings. The maximum atomic E-state index is 5.35. The number of imidazole rings is 1. The van der Waals surface area contributed by atoms with Crippen molar-refractivity contribution in [1.82, 2.24) is 19.4 Å². The summed E-state index contributed by atoms with van der Waals surface area (Å²) in [6.07, 6.45) is 0. The van der Waals surface area contributed by atoms with E-state index in [-0.39, 0.29) is 21.1 Å². The molecule has 0 aliphatic heterocycles. The summed E-state index contributed by atoms with van der Waals surface area (Å²) < 4.78 is 2.24. The van der Waals surface area contributed by atoms with Crippen molar-refractivity contribution in [3.63, 3.8) is 0 Å². The number of nitrogens with one attached hydrogen (secondary N) is 1. The van der Waals surface area contributed by atoms with E-state index in [0.29, 0.717) is 5.92 Å². The van der Waals surface area contributed by atoms with Crippen LogP contribution in [0, 0.1) is 19.1 Å². The van der Waals surface area contributed by atoms with Crippen molar-refractivity contribution in [1.29, 1.82) is 0 Å². The van der Waals surface area contributed by atoms with Gasteiger partial charge in [0.1, 0.15) is 11.5 Å². The quantitative estimate of drug-likeness (QED) is 0.142. The van der Waals surface area contributed by atoms with E-state index in [1.807, 2.05) is 36.4 Å². The number of hydrogen-bond acceptors (Lipinski definition) is 4. The summed E-state index contributed by atoms with van der Waals surface area (Å²) >= 11 is 0. The maximum absolute atomic E-state index is 5.35. The average Bonchev–Trinajstić information content (AvgIpc) is 3.37. The van der Waals surface area contributed by atoms with Gasteiger partial charge in [-0.25, -0.2) is 9.97 Å². The van der Waals surface area contributed by atoms with Crippen LogP contribution in [0.3, 0.4) is 0 Å². The molecule has 0 spiro atoms. The molecule has 0 aliphatic rings. The SMILES string of the molecule is Cc1cc[c-]c2c3nc(C(C)(C)c4ccc(C(C)C)c(Nc5[c-]cccc5)n4)ccc3n3c4ccccc4nc3c12.[Pt+2]. The van der Waals surface area contributed by atoms with E-state index < -0.39 is 5.41 Å². The third kappa shape index (κ3) is 4.48. The smallest absolute Gasteiger partial charge is 0.363 e. The molecule has 0 aliphatic carbocycles. The zero-order chi connectivity index (χ0) is 28.3. The van der Waals surface area contributed by atoms with Crippen molar-refractivity contribution in [3.8, 4) is 0 Å². The maximum Gasteiger partial charge on any atom is 2.00 e. The Hall–Kier alpha value is -4.08. The van der Waals surface area contributed by atoms with Crippen LogP contribution in [-0.4, -0.2) is 19.4 Å². The Morgan fingerprint density at radius 2 is 1.55 bits per heavy atom. The van der Waals surface area contributed by atoms with Gasteiger partial charge in [0.25, 0.3) is 0 Å². The fourth-order valence-electron chi connectivity index (χ4n) is 5.79. The zero-order valence-electron chi connectivity index (χ0n) is 24.3. The Bertz CT molecular complexity index is 2090. The number of para-hydroxylation sites is 3. The van der Waals surface area contributed by atoms with E-state index in [4.69, 9.17) is 15.0 Å². The number of pyridine rings is 3. The van der Waals surface area contributed by atoms with E-state index in [9.17, 15) is 0 Å². The second-order valence-corrected chi connectivity index (χ2v) is 11.5. The number of benzene rings is 3. The van der Waals surface area contributed by atoms with Crippen LogP contribution >= 0.6 is 0 Å². The van der Waals surface area contributed by atoms with Gasteiger partial charge in [-0.3, -0.25) is 4.98 Å². The number of rotatable bonds is 5. The molecular weight excluding hydrogens is 698 g/mol. The van der Waals surface area contributed by atoms with Gasteiger partial charge in [0.05, 0.1) is 16.7 Å². The summed E-state index contributed by atoms with van der Waals surface area (Å²) in [4.78, 5) is 15.6.